The highest BCUT2D eigenvalue weighted by atomic mass is 16.6. The molecule has 226 valence electrons. The summed E-state index contributed by atoms with van der Waals surface area (Å²) in [5.41, 5.74) is 3.00. The number of aliphatic hydroxyl groups is 1. The third-order valence-corrected chi connectivity index (χ3v) is 6.99. The maximum atomic E-state index is 13.6. The van der Waals surface area contributed by atoms with Gasteiger partial charge < -0.3 is 39.8 Å². The minimum absolute atomic E-state index is 0.174. The summed E-state index contributed by atoms with van der Waals surface area (Å²) < 4.78 is 17.3. The number of carbonyl (C=O) groups is 2. The second-order valence-corrected chi connectivity index (χ2v) is 11.2. The Balaban J connectivity index is 1.61. The Morgan fingerprint density at radius 2 is 1.95 bits per heavy atom. The van der Waals surface area contributed by atoms with Crippen molar-refractivity contribution in [1.29, 1.82) is 0 Å². The van der Waals surface area contributed by atoms with Crippen molar-refractivity contribution in [2.24, 2.45) is 0 Å². The molecule has 2 aliphatic heterocycles. The second kappa shape index (κ2) is 13.2. The summed E-state index contributed by atoms with van der Waals surface area (Å²) >= 11 is 0. The summed E-state index contributed by atoms with van der Waals surface area (Å²) in [5.74, 6) is -0.122. The molecular weight excluding hydrogens is 530 g/mol. The van der Waals surface area contributed by atoms with Crippen LogP contribution in [0, 0.1) is 0 Å². The zero-order valence-electron chi connectivity index (χ0n) is 24.9. The Morgan fingerprint density at radius 1 is 1.22 bits per heavy atom. The number of fused-ring (bicyclic) bond motifs is 1. The quantitative estimate of drug-likeness (QED) is 0.361. The molecule has 1 saturated heterocycles. The van der Waals surface area contributed by atoms with E-state index in [1.54, 1.807) is 25.0 Å². The summed E-state index contributed by atoms with van der Waals surface area (Å²) in [6.45, 7) is 12.6. The molecule has 0 spiro atoms. The van der Waals surface area contributed by atoms with Gasteiger partial charge in [0.2, 0.25) is 6.41 Å². The zero-order chi connectivity index (χ0) is 29.7. The number of aromatic nitrogens is 2. The lowest BCUT2D eigenvalue weighted by molar-refractivity contribution is -0.241. The standard InChI is InChI=1S/C28H43N7O6/c1-7-40-27(38)35-23-18-34(26(37)41-28(2,3)4)17-20(23)24(31-35)30-25(36)19-8-9-21(33-12-10-29-11-13-33)22(16-19)32(5)14-15-39-6/h8-9,16,26,29,37H,7,10-15,17-18H2,1-6H3,(H,30,31,36). The number of hydrogen-bond donors (Lipinski definition) is 3. The lowest BCUT2D eigenvalue weighted by Gasteiger charge is -2.33. The molecule has 2 aliphatic rings. The normalized spacial score (nSPS) is 16.4. The highest BCUT2D eigenvalue weighted by Gasteiger charge is 2.36. The average molecular weight is 574 g/mol. The van der Waals surface area contributed by atoms with Crippen LogP contribution < -0.4 is 20.4 Å². The van der Waals surface area contributed by atoms with Crippen molar-refractivity contribution in [3.8, 4) is 0 Å². The number of rotatable bonds is 10. The number of amides is 1. The van der Waals surface area contributed by atoms with E-state index in [-0.39, 0.29) is 31.4 Å². The first-order valence-corrected chi connectivity index (χ1v) is 14.0. The van der Waals surface area contributed by atoms with E-state index in [0.717, 1.165) is 42.2 Å². The fourth-order valence-electron chi connectivity index (χ4n) is 4.92. The Morgan fingerprint density at radius 3 is 2.61 bits per heavy atom. The highest BCUT2D eigenvalue weighted by molar-refractivity contribution is 6.05. The lowest BCUT2D eigenvalue weighted by Crippen LogP contribution is -2.44. The van der Waals surface area contributed by atoms with Crippen LogP contribution in [0.3, 0.4) is 0 Å². The minimum atomic E-state index is -1.20. The van der Waals surface area contributed by atoms with Gasteiger partial charge in [-0.05, 0) is 45.9 Å². The van der Waals surface area contributed by atoms with Gasteiger partial charge in [0.05, 0.1) is 35.9 Å². The molecule has 3 heterocycles. The first-order chi connectivity index (χ1) is 19.5. The Bertz CT molecular complexity index is 1220. The van der Waals surface area contributed by atoms with Gasteiger partial charge in [0, 0.05) is 71.1 Å². The van der Waals surface area contributed by atoms with Crippen molar-refractivity contribution in [2.75, 3.05) is 75.2 Å². The predicted molar refractivity (Wildman–Crippen MR) is 155 cm³/mol. The number of ether oxygens (including phenoxy) is 3. The van der Waals surface area contributed by atoms with Crippen LogP contribution in [0.4, 0.5) is 22.0 Å². The molecule has 0 aliphatic carbocycles. The third kappa shape index (κ3) is 7.35. The maximum Gasteiger partial charge on any atom is 0.435 e. The summed E-state index contributed by atoms with van der Waals surface area (Å²) in [6, 6.07) is 5.65. The maximum absolute atomic E-state index is 13.6. The fourth-order valence-corrected chi connectivity index (χ4v) is 4.92. The molecule has 0 saturated carbocycles. The number of nitrogens with zero attached hydrogens (tertiary/aromatic N) is 5. The number of likely N-dealkylation sites (N-methyl/N-ethyl adjacent to an activating group) is 1. The number of methoxy groups -OCH3 is 1. The number of benzene rings is 1. The predicted octanol–water partition coefficient (Wildman–Crippen LogP) is 2.04. The Hall–Kier alpha value is -3.23. The molecular formula is C28H43N7O6. The average Bonchev–Trinajstić information content (AvgIpc) is 3.52. The van der Waals surface area contributed by atoms with Gasteiger partial charge in [0.1, 0.15) is 0 Å². The summed E-state index contributed by atoms with van der Waals surface area (Å²) in [7, 11) is 3.65. The van der Waals surface area contributed by atoms with Crippen molar-refractivity contribution in [1.82, 2.24) is 20.0 Å². The molecule has 41 heavy (non-hydrogen) atoms. The molecule has 1 fully saturated rings. The number of aliphatic hydroxyl groups excluding tert-OH is 1. The van der Waals surface area contributed by atoms with E-state index in [2.05, 4.69) is 25.5 Å². The molecule has 3 N–H and O–H groups in total. The number of carbonyl (C=O) groups excluding carboxylic acids is 2. The van der Waals surface area contributed by atoms with Crippen LogP contribution in [-0.4, -0.2) is 104 Å². The molecule has 1 aromatic heterocycles. The van der Waals surface area contributed by atoms with Crippen molar-refractivity contribution in [3.05, 3.63) is 35.0 Å². The van der Waals surface area contributed by atoms with Crippen LogP contribution >= 0.6 is 0 Å². The van der Waals surface area contributed by atoms with Crippen LogP contribution in [0.25, 0.3) is 0 Å². The van der Waals surface area contributed by atoms with Gasteiger partial charge in [-0.2, -0.15) is 4.68 Å². The van der Waals surface area contributed by atoms with E-state index < -0.39 is 18.1 Å². The van der Waals surface area contributed by atoms with Crippen LogP contribution in [0.5, 0.6) is 0 Å². The molecule has 13 nitrogen and oxygen atoms in total. The number of nitrogens with one attached hydrogen (secondary N) is 2. The summed E-state index contributed by atoms with van der Waals surface area (Å²) in [5, 5.41) is 21.4. The number of anilines is 3. The highest BCUT2D eigenvalue weighted by Crippen LogP contribution is 2.33. The fraction of sp³-hybridized carbons (Fsp3) is 0.607. The van der Waals surface area contributed by atoms with E-state index in [4.69, 9.17) is 14.2 Å². The van der Waals surface area contributed by atoms with Gasteiger partial charge in [-0.25, -0.2) is 9.69 Å². The van der Waals surface area contributed by atoms with Crippen LogP contribution in [0.1, 0.15) is 49.3 Å². The Labute approximate surface area is 241 Å². The Kier molecular flexibility index (Phi) is 9.87. The zero-order valence-corrected chi connectivity index (χ0v) is 24.9. The van der Waals surface area contributed by atoms with Gasteiger partial charge in [-0.1, -0.05) is 0 Å². The largest absolute Gasteiger partial charge is 0.448 e. The van der Waals surface area contributed by atoms with E-state index in [1.165, 1.54) is 0 Å². The van der Waals surface area contributed by atoms with Gasteiger partial charge in [-0.3, -0.25) is 4.79 Å². The monoisotopic (exact) mass is 573 g/mol. The summed E-state index contributed by atoms with van der Waals surface area (Å²) in [4.78, 5) is 32.3. The molecule has 4 rings (SSSR count). The smallest absolute Gasteiger partial charge is 0.435 e. The molecule has 1 amide bonds. The van der Waals surface area contributed by atoms with Crippen LogP contribution in [0.15, 0.2) is 18.2 Å². The number of hydrogen-bond acceptors (Lipinski definition) is 11. The van der Waals surface area contributed by atoms with Gasteiger partial charge >= 0.3 is 6.09 Å². The number of piperazine rings is 1. The van der Waals surface area contributed by atoms with E-state index in [0.29, 0.717) is 30.0 Å². The lowest BCUT2D eigenvalue weighted by atomic mass is 10.1. The van der Waals surface area contributed by atoms with Crippen molar-refractivity contribution in [2.45, 2.75) is 52.8 Å². The third-order valence-electron chi connectivity index (χ3n) is 6.99. The van der Waals surface area contributed by atoms with Crippen molar-refractivity contribution in [3.63, 3.8) is 0 Å². The topological polar surface area (TPSA) is 134 Å². The molecule has 0 radical (unpaired) electrons. The first kappa shape index (κ1) is 30.7. The molecule has 0 bridgehead atoms. The van der Waals surface area contributed by atoms with Crippen molar-refractivity contribution >= 4 is 29.2 Å². The van der Waals surface area contributed by atoms with Gasteiger partial charge in [-0.15, -0.1) is 5.10 Å². The van der Waals surface area contributed by atoms with Crippen LogP contribution in [0.2, 0.25) is 0 Å². The molecule has 1 unspecified atom stereocenters. The second-order valence-electron chi connectivity index (χ2n) is 11.2. The van der Waals surface area contributed by atoms with Gasteiger partial charge in [0.25, 0.3) is 5.91 Å². The molecule has 2 aromatic rings. The van der Waals surface area contributed by atoms with Crippen LogP contribution in [-0.2, 0) is 27.3 Å². The minimum Gasteiger partial charge on any atom is -0.448 e. The summed E-state index contributed by atoms with van der Waals surface area (Å²) in [6.07, 6.45) is -1.86. The first-order valence-electron chi connectivity index (χ1n) is 14.0. The van der Waals surface area contributed by atoms with Gasteiger partial charge in [0.15, 0.2) is 5.82 Å². The van der Waals surface area contributed by atoms with E-state index >= 15 is 0 Å². The molecule has 13 heteroatoms. The molecule has 1 aromatic carbocycles. The van der Waals surface area contributed by atoms with Crippen molar-refractivity contribution < 1.29 is 28.9 Å². The van der Waals surface area contributed by atoms with E-state index in [9.17, 15) is 14.7 Å². The molecule has 1 atom stereocenters. The SMILES string of the molecule is CCOC(=O)n1nc(NC(=O)c2ccc(N3CCNCC3)c(N(C)CCOC)c2)c2c1CN(C(O)OC(C)(C)C)C2. The van der Waals surface area contributed by atoms with E-state index in [1.807, 2.05) is 40.0 Å².